The lowest BCUT2D eigenvalue weighted by Gasteiger charge is -2.08. The Kier molecular flexibility index (Phi) is 7.43. The minimum Gasteiger partial charge on any atom is -0.507 e. The first-order valence-corrected chi connectivity index (χ1v) is 9.83. The van der Waals surface area contributed by atoms with Crippen molar-refractivity contribution >= 4 is 29.2 Å². The topological polar surface area (TPSA) is 139 Å². The molecule has 2 N–H and O–H groups in total. The van der Waals surface area contributed by atoms with E-state index >= 15 is 0 Å². The Morgan fingerprint density at radius 1 is 1.06 bits per heavy atom. The van der Waals surface area contributed by atoms with E-state index in [2.05, 4.69) is 20.8 Å². The van der Waals surface area contributed by atoms with Gasteiger partial charge in [0.05, 0.1) is 22.5 Å². The van der Waals surface area contributed by atoms with Crippen LogP contribution in [0.2, 0.25) is 0 Å². The van der Waals surface area contributed by atoms with E-state index in [9.17, 15) is 20.0 Å². The van der Waals surface area contributed by atoms with E-state index in [0.717, 1.165) is 11.1 Å². The molecule has 0 saturated heterocycles. The maximum Gasteiger partial charge on any atom is 0.277 e. The number of amides is 1. The van der Waals surface area contributed by atoms with Gasteiger partial charge < -0.3 is 9.84 Å². The van der Waals surface area contributed by atoms with Crippen LogP contribution in [-0.4, -0.2) is 28.8 Å². The summed E-state index contributed by atoms with van der Waals surface area (Å²) in [4.78, 5) is 22.2. The number of azo groups is 1. The maximum absolute atomic E-state index is 12.0. The fraction of sp³-hybridized carbons (Fsp3) is 0.130. The van der Waals surface area contributed by atoms with Gasteiger partial charge in [-0.15, -0.1) is 0 Å². The Morgan fingerprint density at radius 3 is 2.45 bits per heavy atom. The Balaban J connectivity index is 1.58. The number of nitro benzene ring substituents is 1. The lowest BCUT2D eigenvalue weighted by Crippen LogP contribution is -2.24. The molecule has 0 radical (unpaired) electrons. The number of ether oxygens (including phenoxy) is 1. The van der Waals surface area contributed by atoms with Gasteiger partial charge in [-0.1, -0.05) is 17.7 Å². The molecule has 3 aromatic rings. The van der Waals surface area contributed by atoms with Crippen LogP contribution in [0.15, 0.2) is 76.0 Å². The summed E-state index contributed by atoms with van der Waals surface area (Å²) in [7, 11) is 0. The fourth-order valence-corrected chi connectivity index (χ4v) is 2.77. The third kappa shape index (κ3) is 6.69. The molecule has 0 aromatic heterocycles. The Hall–Kier alpha value is -4.60. The number of rotatable bonds is 8. The molecule has 0 spiro atoms. The quantitative estimate of drug-likeness (QED) is 0.220. The summed E-state index contributed by atoms with van der Waals surface area (Å²) in [5.41, 5.74) is 5.48. The average molecular weight is 447 g/mol. The van der Waals surface area contributed by atoms with Crippen molar-refractivity contribution in [3.8, 4) is 11.5 Å². The van der Waals surface area contributed by atoms with E-state index in [1.165, 1.54) is 48.7 Å². The fourth-order valence-electron chi connectivity index (χ4n) is 2.77. The number of phenolic OH excluding ortho intramolecular Hbond substituents is 1. The highest BCUT2D eigenvalue weighted by Gasteiger charge is 2.06. The minimum absolute atomic E-state index is 0.0430. The van der Waals surface area contributed by atoms with Gasteiger partial charge >= 0.3 is 0 Å². The zero-order valence-corrected chi connectivity index (χ0v) is 17.9. The average Bonchev–Trinajstić information content (AvgIpc) is 2.79. The zero-order valence-electron chi connectivity index (χ0n) is 17.9. The molecule has 10 heteroatoms. The van der Waals surface area contributed by atoms with Crippen molar-refractivity contribution in [3.05, 3.63) is 87.5 Å². The molecule has 10 nitrogen and oxygen atoms in total. The lowest BCUT2D eigenvalue weighted by molar-refractivity contribution is -0.384. The number of carbonyl (C=O) groups is 1. The molecule has 1 amide bonds. The summed E-state index contributed by atoms with van der Waals surface area (Å²) in [5, 5.41) is 32.6. The summed E-state index contributed by atoms with van der Waals surface area (Å²) < 4.78 is 5.49. The van der Waals surface area contributed by atoms with Gasteiger partial charge in [-0.3, -0.25) is 14.9 Å². The highest BCUT2D eigenvalue weighted by Crippen LogP contribution is 2.25. The molecule has 3 rings (SSSR count). The summed E-state index contributed by atoms with van der Waals surface area (Å²) in [5.74, 6) is 0.0944. The summed E-state index contributed by atoms with van der Waals surface area (Å²) in [6.45, 7) is 3.66. The number of benzene rings is 3. The van der Waals surface area contributed by atoms with Crippen LogP contribution >= 0.6 is 0 Å². The van der Waals surface area contributed by atoms with Crippen LogP contribution in [0.4, 0.5) is 17.1 Å². The van der Waals surface area contributed by atoms with Crippen molar-refractivity contribution in [1.82, 2.24) is 5.43 Å². The second kappa shape index (κ2) is 10.6. The number of aryl methyl sites for hydroxylation is 2. The highest BCUT2D eigenvalue weighted by atomic mass is 16.6. The number of carbonyl (C=O) groups excluding carboxylic acids is 1. The van der Waals surface area contributed by atoms with Crippen LogP contribution in [0.25, 0.3) is 0 Å². The standard InChI is InChI=1S/C23H21N5O5/c1-15-3-10-22(16(2)11-15)33-14-23(30)27-24-13-17-12-19(6-9-21(17)29)26-25-18-4-7-20(8-5-18)28(31)32/h3-13,29H,14H2,1-2H3,(H,27,30)/b24-13-,26-25?. The van der Waals surface area contributed by atoms with Gasteiger partial charge in [0.1, 0.15) is 11.5 Å². The number of phenols is 1. The van der Waals surface area contributed by atoms with Crippen molar-refractivity contribution in [3.63, 3.8) is 0 Å². The monoisotopic (exact) mass is 447 g/mol. The largest absolute Gasteiger partial charge is 0.507 e. The number of hydrogen-bond acceptors (Lipinski definition) is 8. The van der Waals surface area contributed by atoms with Crippen LogP contribution in [0.1, 0.15) is 16.7 Å². The van der Waals surface area contributed by atoms with Crippen molar-refractivity contribution in [1.29, 1.82) is 0 Å². The van der Waals surface area contributed by atoms with Crippen LogP contribution in [0.3, 0.4) is 0 Å². The van der Waals surface area contributed by atoms with Gasteiger partial charge in [-0.2, -0.15) is 15.3 Å². The summed E-state index contributed by atoms with van der Waals surface area (Å²) in [6.07, 6.45) is 1.27. The molecule has 0 atom stereocenters. The third-order valence-electron chi connectivity index (χ3n) is 4.43. The minimum atomic E-state index is -0.499. The van der Waals surface area contributed by atoms with Gasteiger partial charge in [0.2, 0.25) is 0 Å². The van der Waals surface area contributed by atoms with Crippen molar-refractivity contribution in [2.75, 3.05) is 6.61 Å². The third-order valence-corrected chi connectivity index (χ3v) is 4.43. The number of nitrogens with zero attached hydrogens (tertiary/aromatic N) is 4. The van der Waals surface area contributed by atoms with E-state index in [1.807, 2.05) is 26.0 Å². The van der Waals surface area contributed by atoms with Crippen molar-refractivity contribution < 1.29 is 19.6 Å². The van der Waals surface area contributed by atoms with Crippen LogP contribution in [0, 0.1) is 24.0 Å². The van der Waals surface area contributed by atoms with Gasteiger partial charge in [-0.05, 0) is 55.8 Å². The smallest absolute Gasteiger partial charge is 0.277 e. The Bertz CT molecular complexity index is 1220. The molecule has 0 saturated carbocycles. The van der Waals surface area contributed by atoms with Gasteiger partial charge in [0, 0.05) is 17.7 Å². The number of hydrazone groups is 1. The van der Waals surface area contributed by atoms with E-state index in [1.54, 1.807) is 6.07 Å². The SMILES string of the molecule is Cc1ccc(OCC(=O)N/N=C\c2cc(N=Nc3ccc([N+](=O)[O-])cc3)ccc2O)c(C)c1. The predicted molar refractivity (Wildman–Crippen MR) is 123 cm³/mol. The Labute approximate surface area is 189 Å². The van der Waals surface area contributed by atoms with Gasteiger partial charge in [0.15, 0.2) is 6.61 Å². The molecule has 168 valence electrons. The first-order chi connectivity index (χ1) is 15.8. The van der Waals surface area contributed by atoms with E-state index in [-0.39, 0.29) is 18.0 Å². The molecule has 0 heterocycles. The summed E-state index contributed by atoms with van der Waals surface area (Å²) >= 11 is 0. The predicted octanol–water partition coefficient (Wildman–Crippen LogP) is 4.86. The second-order valence-electron chi connectivity index (χ2n) is 7.07. The normalized spacial score (nSPS) is 11.1. The number of nitro groups is 1. The Morgan fingerprint density at radius 2 is 1.76 bits per heavy atom. The summed E-state index contributed by atoms with van der Waals surface area (Å²) in [6, 6.07) is 15.7. The van der Waals surface area contributed by atoms with Crippen LogP contribution in [-0.2, 0) is 4.79 Å². The van der Waals surface area contributed by atoms with Crippen LogP contribution in [0.5, 0.6) is 11.5 Å². The molecule has 0 aliphatic heterocycles. The molecule has 3 aromatic carbocycles. The molecule has 0 aliphatic carbocycles. The highest BCUT2D eigenvalue weighted by molar-refractivity contribution is 5.86. The first-order valence-electron chi connectivity index (χ1n) is 9.83. The molecule has 0 unspecified atom stereocenters. The van der Waals surface area contributed by atoms with Crippen molar-refractivity contribution in [2.45, 2.75) is 13.8 Å². The molecule has 0 aliphatic rings. The molecular weight excluding hydrogens is 426 g/mol. The molecular formula is C23H21N5O5. The maximum atomic E-state index is 12.0. The van der Waals surface area contributed by atoms with E-state index < -0.39 is 10.8 Å². The molecule has 0 fully saturated rings. The lowest BCUT2D eigenvalue weighted by atomic mass is 10.1. The molecule has 0 bridgehead atoms. The van der Waals surface area contributed by atoms with E-state index in [0.29, 0.717) is 22.7 Å². The number of aromatic hydroxyl groups is 1. The second-order valence-corrected chi connectivity index (χ2v) is 7.07. The zero-order chi connectivity index (χ0) is 23.8. The first kappa shape index (κ1) is 23.1. The number of hydrogen-bond donors (Lipinski definition) is 2. The molecule has 33 heavy (non-hydrogen) atoms. The van der Waals surface area contributed by atoms with Gasteiger partial charge in [-0.25, -0.2) is 5.43 Å². The number of non-ortho nitro benzene ring substituents is 1. The van der Waals surface area contributed by atoms with Gasteiger partial charge in [0.25, 0.3) is 11.6 Å². The van der Waals surface area contributed by atoms with Crippen molar-refractivity contribution in [2.24, 2.45) is 15.3 Å². The number of nitrogens with one attached hydrogen (secondary N) is 1. The van der Waals surface area contributed by atoms with E-state index in [4.69, 9.17) is 4.74 Å². The van der Waals surface area contributed by atoms with Crippen LogP contribution < -0.4 is 10.2 Å².